The van der Waals surface area contributed by atoms with Crippen molar-refractivity contribution in [2.45, 2.75) is 135 Å². The van der Waals surface area contributed by atoms with Crippen LogP contribution >= 0.6 is 0 Å². The molecular formula is C43H60F2N8O8. The number of alkyl carbamates (subject to hydrolysis) is 2. The van der Waals surface area contributed by atoms with Gasteiger partial charge in [-0.2, -0.15) is 0 Å². The molecular weight excluding hydrogens is 795 g/mol. The fraction of sp³-hybridized carbons (Fsp3) is 0.535. The molecule has 334 valence electrons. The molecule has 0 saturated heterocycles. The smallest absolute Gasteiger partial charge is 0.407 e. The second-order valence-corrected chi connectivity index (χ2v) is 16.9. The summed E-state index contributed by atoms with van der Waals surface area (Å²) in [4.78, 5) is 56.5. The van der Waals surface area contributed by atoms with Crippen molar-refractivity contribution in [3.05, 3.63) is 70.8 Å². The highest BCUT2D eigenvalue weighted by Crippen LogP contribution is 2.28. The number of nitrogens with zero attached hydrogens (tertiary/aromatic N) is 2. The fourth-order valence-corrected chi connectivity index (χ4v) is 6.87. The molecule has 0 radical (unpaired) electrons. The number of ether oxygens (including phenoxy) is 4. The highest BCUT2D eigenvalue weighted by Gasteiger charge is 2.32. The van der Waals surface area contributed by atoms with Crippen molar-refractivity contribution >= 4 is 47.4 Å². The van der Waals surface area contributed by atoms with Crippen LogP contribution in [0.1, 0.15) is 119 Å². The first-order valence-electron chi connectivity index (χ1n) is 20.4. The average Bonchev–Trinajstić information content (AvgIpc) is 3.19. The van der Waals surface area contributed by atoms with E-state index in [1.165, 1.54) is 14.2 Å². The molecule has 0 unspecified atom stereocenters. The lowest BCUT2D eigenvalue weighted by Gasteiger charge is -2.34. The second-order valence-electron chi connectivity index (χ2n) is 16.9. The number of amides is 2. The van der Waals surface area contributed by atoms with E-state index in [1.54, 1.807) is 41.5 Å². The molecule has 2 saturated carbocycles. The molecule has 5 rings (SSSR count). The monoisotopic (exact) mass is 854 g/mol. The first-order chi connectivity index (χ1) is 28.8. The maximum atomic E-state index is 15.0. The first kappa shape index (κ1) is 47.7. The summed E-state index contributed by atoms with van der Waals surface area (Å²) in [6, 6.07) is 10.7. The van der Waals surface area contributed by atoms with Gasteiger partial charge in [0.15, 0.2) is 23.3 Å². The van der Waals surface area contributed by atoms with Crippen LogP contribution in [0, 0.1) is 11.6 Å². The van der Waals surface area contributed by atoms with E-state index in [0.29, 0.717) is 6.54 Å². The van der Waals surface area contributed by atoms with Crippen LogP contribution in [0.4, 0.5) is 41.6 Å². The van der Waals surface area contributed by atoms with Gasteiger partial charge in [-0.15, -0.1) is 0 Å². The van der Waals surface area contributed by atoms with E-state index in [-0.39, 0.29) is 58.6 Å². The number of carbonyl (C=O) groups is 4. The molecule has 2 fully saturated rings. The van der Waals surface area contributed by atoms with E-state index in [9.17, 15) is 28.0 Å². The van der Waals surface area contributed by atoms with Crippen molar-refractivity contribution in [2.24, 2.45) is 0 Å². The predicted octanol–water partition coefficient (Wildman–Crippen LogP) is 7.70. The molecule has 3 aromatic rings. The molecule has 0 spiro atoms. The van der Waals surface area contributed by atoms with Gasteiger partial charge in [0.1, 0.15) is 34.0 Å². The number of aromatic nitrogens is 2. The van der Waals surface area contributed by atoms with Crippen molar-refractivity contribution in [3.63, 3.8) is 0 Å². The zero-order valence-electron chi connectivity index (χ0n) is 36.2. The van der Waals surface area contributed by atoms with E-state index in [2.05, 4.69) is 41.3 Å². The number of carbonyl (C=O) groups excluding carboxylic acids is 4. The molecule has 16 nitrogen and oxygen atoms in total. The molecule has 2 aliphatic rings. The Bertz CT molecular complexity index is 1980. The zero-order valence-corrected chi connectivity index (χ0v) is 36.2. The quantitative estimate of drug-likeness (QED) is 0.0805. The SMILES string of the molecule is COC(=O)c1cc(F)c(N[C@@H]2CCCC[C@@H]2NC(=O)OC(C)(C)C)nc1N.COC(=O)c1cc(F)c(N[C@@H]2CCCC[C@@H]2NC(=O)OC(C)(C)C)nc1NCc1ccccc1. The van der Waals surface area contributed by atoms with Crippen LogP contribution in [0.2, 0.25) is 0 Å². The van der Waals surface area contributed by atoms with Gasteiger partial charge in [0.05, 0.1) is 26.3 Å². The minimum absolute atomic E-state index is 0.00565. The van der Waals surface area contributed by atoms with Gasteiger partial charge >= 0.3 is 24.1 Å². The Kier molecular flexibility index (Phi) is 16.9. The van der Waals surface area contributed by atoms with Crippen LogP contribution in [0.25, 0.3) is 0 Å². The van der Waals surface area contributed by atoms with Gasteiger partial charge in [0.25, 0.3) is 0 Å². The summed E-state index contributed by atoms with van der Waals surface area (Å²) < 4.78 is 49.4. The molecule has 7 N–H and O–H groups in total. The number of nitrogens with one attached hydrogen (secondary N) is 5. The molecule has 0 aliphatic heterocycles. The highest BCUT2D eigenvalue weighted by atomic mass is 19.1. The normalized spacial score (nSPS) is 18.9. The van der Waals surface area contributed by atoms with Gasteiger partial charge in [0, 0.05) is 18.6 Å². The Morgan fingerprint density at radius 1 is 0.656 bits per heavy atom. The minimum atomic E-state index is -0.757. The van der Waals surface area contributed by atoms with E-state index < -0.39 is 47.0 Å². The number of methoxy groups -OCH3 is 2. The molecule has 2 amide bonds. The second kappa shape index (κ2) is 21.5. The van der Waals surface area contributed by atoms with Crippen molar-refractivity contribution in [1.82, 2.24) is 20.6 Å². The van der Waals surface area contributed by atoms with E-state index in [1.807, 2.05) is 30.3 Å². The summed E-state index contributed by atoms with van der Waals surface area (Å²) in [5.41, 5.74) is 5.39. The molecule has 0 bridgehead atoms. The molecule has 18 heteroatoms. The number of nitrogens with two attached hydrogens (primary N) is 1. The van der Waals surface area contributed by atoms with Crippen molar-refractivity contribution in [1.29, 1.82) is 0 Å². The Balaban J connectivity index is 0.000000276. The zero-order chi connectivity index (χ0) is 44.9. The topological polar surface area (TPSA) is 217 Å². The third kappa shape index (κ3) is 14.9. The number of rotatable bonds is 11. The summed E-state index contributed by atoms with van der Waals surface area (Å²) in [6.45, 7) is 11.2. The standard InChI is InChI=1S/C25H33FN4O4.C18H27FN4O4/c1-25(2,3)34-24(32)29-20-13-9-8-12-19(20)28-22-18(26)14-17(23(31)33-4)21(30-22)27-15-16-10-6-5-7-11-16;1-18(2,3)27-17(25)22-13-8-6-5-7-12(13)21-15-11(19)9-10(14(20)23-15)16(24)26-4/h5-7,10-11,14,19-20H,8-9,12-13,15H2,1-4H3,(H,29,32)(H2,27,28,30);9,12-13H,5-8H2,1-4H3,(H,22,25)(H3,20,21,23)/t19-,20+;12-,13+/m11/s1. The van der Waals surface area contributed by atoms with Gasteiger partial charge < -0.3 is 51.3 Å². The van der Waals surface area contributed by atoms with Gasteiger partial charge in [-0.1, -0.05) is 56.0 Å². The molecule has 2 aromatic heterocycles. The highest BCUT2D eigenvalue weighted by molar-refractivity contribution is 5.95. The van der Waals surface area contributed by atoms with Crippen LogP contribution in [-0.2, 0) is 25.5 Å². The molecule has 4 atom stereocenters. The minimum Gasteiger partial charge on any atom is -0.465 e. The lowest BCUT2D eigenvalue weighted by Crippen LogP contribution is -2.50. The Labute approximate surface area is 355 Å². The number of nitrogen functional groups attached to an aromatic ring is 1. The van der Waals surface area contributed by atoms with Gasteiger partial charge in [-0.3, -0.25) is 0 Å². The number of pyridine rings is 2. The number of benzene rings is 1. The molecule has 2 aliphatic carbocycles. The number of esters is 2. The van der Waals surface area contributed by atoms with E-state index >= 15 is 0 Å². The third-order valence-corrected chi connectivity index (χ3v) is 9.68. The average molecular weight is 855 g/mol. The fourth-order valence-electron chi connectivity index (χ4n) is 6.87. The maximum Gasteiger partial charge on any atom is 0.407 e. The van der Waals surface area contributed by atoms with Gasteiger partial charge in [-0.25, -0.2) is 37.9 Å². The van der Waals surface area contributed by atoms with Gasteiger partial charge in [0.2, 0.25) is 0 Å². The Morgan fingerprint density at radius 3 is 1.54 bits per heavy atom. The maximum absolute atomic E-state index is 15.0. The summed E-state index contributed by atoms with van der Waals surface area (Å²) in [5, 5.41) is 15.0. The Hall–Kier alpha value is -5.94. The van der Waals surface area contributed by atoms with Crippen LogP contribution < -0.4 is 32.3 Å². The summed E-state index contributed by atoms with van der Waals surface area (Å²) in [6.07, 6.45) is 5.64. The lowest BCUT2D eigenvalue weighted by molar-refractivity contribution is 0.0477. The third-order valence-electron chi connectivity index (χ3n) is 9.68. The molecule has 2 heterocycles. The summed E-state index contributed by atoms with van der Waals surface area (Å²) in [5.74, 6) is -2.80. The molecule has 61 heavy (non-hydrogen) atoms. The van der Waals surface area contributed by atoms with Crippen molar-refractivity contribution < 1.29 is 46.9 Å². The summed E-state index contributed by atoms with van der Waals surface area (Å²) >= 11 is 0. The van der Waals surface area contributed by atoms with E-state index in [0.717, 1.165) is 69.1 Å². The molecule has 1 aromatic carbocycles. The predicted molar refractivity (Wildman–Crippen MR) is 227 cm³/mol. The number of anilines is 4. The summed E-state index contributed by atoms with van der Waals surface area (Å²) in [7, 11) is 2.42. The Morgan fingerprint density at radius 2 is 1.08 bits per heavy atom. The first-order valence-corrected chi connectivity index (χ1v) is 20.4. The van der Waals surface area contributed by atoms with Crippen molar-refractivity contribution in [2.75, 3.05) is 35.9 Å². The number of halogens is 2. The van der Waals surface area contributed by atoms with Crippen LogP contribution in [0.15, 0.2) is 42.5 Å². The van der Waals surface area contributed by atoms with E-state index in [4.69, 9.17) is 19.9 Å². The lowest BCUT2D eigenvalue weighted by atomic mass is 9.90. The number of hydrogen-bond acceptors (Lipinski definition) is 14. The largest absolute Gasteiger partial charge is 0.465 e. The van der Waals surface area contributed by atoms with Gasteiger partial charge in [-0.05, 0) is 84.9 Å². The number of hydrogen-bond donors (Lipinski definition) is 6. The van der Waals surface area contributed by atoms with Crippen LogP contribution in [0.5, 0.6) is 0 Å². The van der Waals surface area contributed by atoms with Crippen molar-refractivity contribution in [3.8, 4) is 0 Å². The van der Waals surface area contributed by atoms with Crippen LogP contribution in [0.3, 0.4) is 0 Å². The van der Waals surface area contributed by atoms with Crippen LogP contribution in [-0.4, -0.2) is 83.7 Å².